The first-order chi connectivity index (χ1) is 14.3. The maximum atomic E-state index is 12.9. The number of ketones is 1. The van der Waals surface area contributed by atoms with E-state index < -0.39 is 0 Å². The van der Waals surface area contributed by atoms with E-state index >= 15 is 0 Å². The number of thiocarbonyl (C=S) groups is 1. The van der Waals surface area contributed by atoms with E-state index in [-0.39, 0.29) is 11.2 Å². The van der Waals surface area contributed by atoms with E-state index in [1.165, 1.54) is 11.1 Å². The van der Waals surface area contributed by atoms with Gasteiger partial charge in [-0.05, 0) is 47.3 Å². The van der Waals surface area contributed by atoms with Gasteiger partial charge in [0.15, 0.2) is 10.9 Å². The molecule has 30 heavy (non-hydrogen) atoms. The number of nitrogens with one attached hydrogen (secondary N) is 2. The lowest BCUT2D eigenvalue weighted by molar-refractivity contribution is 0.103. The average Bonchev–Trinajstić information content (AvgIpc) is 2.73. The highest BCUT2D eigenvalue weighted by molar-refractivity contribution is 7.80. The van der Waals surface area contributed by atoms with Crippen LogP contribution in [-0.2, 0) is 11.8 Å². The van der Waals surface area contributed by atoms with Crippen LogP contribution in [-0.4, -0.2) is 17.4 Å². The lowest BCUT2D eigenvalue weighted by Gasteiger charge is -2.19. The number of carbonyl (C=O) groups is 1. The minimum absolute atomic E-state index is 0.00191. The molecule has 3 aromatic rings. The Hall–Kier alpha value is -2.98. The molecule has 0 saturated carbocycles. The highest BCUT2D eigenvalue weighted by Gasteiger charge is 2.15. The van der Waals surface area contributed by atoms with Crippen molar-refractivity contribution in [1.82, 2.24) is 5.32 Å². The monoisotopic (exact) mass is 416 g/mol. The van der Waals surface area contributed by atoms with Crippen molar-refractivity contribution >= 4 is 28.8 Å². The number of hydrogen-bond acceptors (Lipinski definition) is 2. The first kappa shape index (κ1) is 21.7. The molecule has 0 saturated heterocycles. The summed E-state index contributed by atoms with van der Waals surface area (Å²) in [4.78, 5) is 12.9. The lowest BCUT2D eigenvalue weighted by atomic mass is 9.86. The van der Waals surface area contributed by atoms with Gasteiger partial charge in [-0.3, -0.25) is 4.79 Å². The van der Waals surface area contributed by atoms with Gasteiger partial charge in [0, 0.05) is 23.4 Å². The fourth-order valence-corrected chi connectivity index (χ4v) is 3.39. The van der Waals surface area contributed by atoms with Crippen molar-refractivity contribution in [3.63, 3.8) is 0 Å². The molecule has 0 radical (unpaired) electrons. The number of hydrogen-bond donors (Lipinski definition) is 2. The molecule has 0 heterocycles. The largest absolute Gasteiger partial charge is 0.362 e. The van der Waals surface area contributed by atoms with Crippen LogP contribution in [0.5, 0.6) is 0 Å². The molecule has 4 heteroatoms. The standard InChI is InChI=1S/C26H28N2OS/c1-26(2,3)22-14-12-20(13-15-22)24(29)21-10-7-11-23(18-21)28-25(30)27-17-16-19-8-5-4-6-9-19/h4-15,18H,16-17H2,1-3H3,(H2,27,28,30). The van der Waals surface area contributed by atoms with Crippen LogP contribution in [0, 0.1) is 0 Å². The Labute approximate surface area is 184 Å². The van der Waals surface area contributed by atoms with Crippen LogP contribution in [0.15, 0.2) is 78.9 Å². The quantitative estimate of drug-likeness (QED) is 0.397. The molecule has 0 spiro atoms. The predicted octanol–water partition coefficient (Wildman–Crippen LogP) is 5.74. The van der Waals surface area contributed by atoms with E-state index in [4.69, 9.17) is 12.2 Å². The van der Waals surface area contributed by atoms with E-state index in [1.54, 1.807) is 0 Å². The van der Waals surface area contributed by atoms with Crippen LogP contribution >= 0.6 is 12.2 Å². The maximum absolute atomic E-state index is 12.9. The second-order valence-electron chi connectivity index (χ2n) is 8.35. The summed E-state index contributed by atoms with van der Waals surface area (Å²) in [6.07, 6.45) is 0.895. The second kappa shape index (κ2) is 9.68. The zero-order valence-electron chi connectivity index (χ0n) is 17.7. The van der Waals surface area contributed by atoms with Crippen LogP contribution < -0.4 is 10.6 Å². The fraction of sp³-hybridized carbons (Fsp3) is 0.231. The fourth-order valence-electron chi connectivity index (χ4n) is 3.17. The number of benzene rings is 3. The number of carbonyl (C=O) groups excluding carboxylic acids is 1. The van der Waals surface area contributed by atoms with E-state index in [0.717, 1.165) is 18.7 Å². The topological polar surface area (TPSA) is 41.1 Å². The lowest BCUT2D eigenvalue weighted by Crippen LogP contribution is -2.30. The molecule has 0 amide bonds. The van der Waals surface area contributed by atoms with Crippen molar-refractivity contribution in [3.8, 4) is 0 Å². The van der Waals surface area contributed by atoms with Crippen molar-refractivity contribution in [2.24, 2.45) is 0 Å². The minimum atomic E-state index is 0.00191. The number of rotatable bonds is 6. The van der Waals surface area contributed by atoms with Gasteiger partial charge in [0.1, 0.15) is 0 Å². The Morgan fingerprint density at radius 2 is 1.57 bits per heavy atom. The Bertz CT molecular complexity index is 1010. The molecular formula is C26H28N2OS. The van der Waals surface area contributed by atoms with Crippen molar-refractivity contribution in [3.05, 3.63) is 101 Å². The van der Waals surface area contributed by atoms with Gasteiger partial charge in [0.25, 0.3) is 0 Å². The summed E-state index contributed by atoms with van der Waals surface area (Å²) in [6, 6.07) is 25.6. The molecule has 0 aromatic heterocycles. The molecule has 2 N–H and O–H groups in total. The highest BCUT2D eigenvalue weighted by atomic mass is 32.1. The predicted molar refractivity (Wildman–Crippen MR) is 129 cm³/mol. The molecule has 0 fully saturated rings. The second-order valence-corrected chi connectivity index (χ2v) is 8.76. The zero-order chi connectivity index (χ0) is 21.6. The molecular weight excluding hydrogens is 388 g/mol. The van der Waals surface area contributed by atoms with E-state index in [1.807, 2.05) is 66.7 Å². The summed E-state index contributed by atoms with van der Waals surface area (Å²) in [5, 5.41) is 6.93. The summed E-state index contributed by atoms with van der Waals surface area (Å²) >= 11 is 5.40. The Morgan fingerprint density at radius 1 is 0.867 bits per heavy atom. The number of anilines is 1. The molecule has 3 nitrogen and oxygen atoms in total. The molecule has 3 rings (SSSR count). The van der Waals surface area contributed by atoms with Gasteiger partial charge >= 0.3 is 0 Å². The van der Waals surface area contributed by atoms with E-state index in [0.29, 0.717) is 16.2 Å². The molecule has 0 aliphatic heterocycles. The van der Waals surface area contributed by atoms with Crippen LogP contribution in [0.4, 0.5) is 5.69 Å². The molecule has 3 aromatic carbocycles. The third kappa shape index (κ3) is 6.01. The molecule has 0 aliphatic rings. The van der Waals surface area contributed by atoms with E-state index in [9.17, 15) is 4.79 Å². The third-order valence-electron chi connectivity index (χ3n) is 4.94. The van der Waals surface area contributed by atoms with Crippen LogP contribution in [0.2, 0.25) is 0 Å². The molecule has 0 atom stereocenters. The zero-order valence-corrected chi connectivity index (χ0v) is 18.6. The van der Waals surface area contributed by atoms with Gasteiger partial charge in [0.05, 0.1) is 0 Å². The summed E-state index contributed by atoms with van der Waals surface area (Å²) in [5.74, 6) is 0.00191. The van der Waals surface area contributed by atoms with E-state index in [2.05, 4.69) is 43.5 Å². The van der Waals surface area contributed by atoms with Crippen LogP contribution in [0.25, 0.3) is 0 Å². The summed E-state index contributed by atoms with van der Waals surface area (Å²) in [7, 11) is 0. The normalized spacial score (nSPS) is 11.0. The summed E-state index contributed by atoms with van der Waals surface area (Å²) in [6.45, 7) is 7.23. The first-order valence-corrected chi connectivity index (χ1v) is 10.6. The SMILES string of the molecule is CC(C)(C)c1ccc(C(=O)c2cccc(NC(=S)NCCc3ccccc3)c2)cc1. The summed E-state index contributed by atoms with van der Waals surface area (Å²) < 4.78 is 0. The van der Waals surface area contributed by atoms with Crippen molar-refractivity contribution in [2.75, 3.05) is 11.9 Å². The van der Waals surface area contributed by atoms with Crippen molar-refractivity contribution < 1.29 is 4.79 Å². The van der Waals surface area contributed by atoms with Crippen molar-refractivity contribution in [2.45, 2.75) is 32.6 Å². The summed E-state index contributed by atoms with van der Waals surface area (Å²) in [5.41, 5.74) is 4.65. The van der Waals surface area contributed by atoms with Gasteiger partial charge < -0.3 is 10.6 Å². The van der Waals surface area contributed by atoms with Gasteiger partial charge in [-0.15, -0.1) is 0 Å². The Kier molecular flexibility index (Phi) is 7.01. The maximum Gasteiger partial charge on any atom is 0.193 e. The smallest absolute Gasteiger partial charge is 0.193 e. The highest BCUT2D eigenvalue weighted by Crippen LogP contribution is 2.23. The Morgan fingerprint density at radius 3 is 2.23 bits per heavy atom. The van der Waals surface area contributed by atoms with Crippen LogP contribution in [0.1, 0.15) is 47.8 Å². The first-order valence-electron chi connectivity index (χ1n) is 10.2. The third-order valence-corrected chi connectivity index (χ3v) is 5.18. The van der Waals surface area contributed by atoms with Crippen LogP contribution in [0.3, 0.4) is 0 Å². The minimum Gasteiger partial charge on any atom is -0.362 e. The van der Waals surface area contributed by atoms with Gasteiger partial charge in [-0.1, -0.05) is 87.5 Å². The molecule has 0 unspecified atom stereocenters. The molecule has 0 bridgehead atoms. The van der Waals surface area contributed by atoms with Gasteiger partial charge in [-0.25, -0.2) is 0 Å². The molecule has 154 valence electrons. The van der Waals surface area contributed by atoms with Gasteiger partial charge in [-0.2, -0.15) is 0 Å². The van der Waals surface area contributed by atoms with Crippen molar-refractivity contribution in [1.29, 1.82) is 0 Å². The Balaban J connectivity index is 1.59. The van der Waals surface area contributed by atoms with Gasteiger partial charge in [0.2, 0.25) is 0 Å². The average molecular weight is 417 g/mol. The molecule has 0 aliphatic carbocycles.